The highest BCUT2D eigenvalue weighted by atomic mass is 16.3. The minimum atomic E-state index is -0.109. The van der Waals surface area contributed by atoms with Gasteiger partial charge in [0.15, 0.2) is 0 Å². The number of aromatic nitrogens is 1. The summed E-state index contributed by atoms with van der Waals surface area (Å²) in [5, 5.41) is 13.0. The van der Waals surface area contributed by atoms with Gasteiger partial charge in [-0.1, -0.05) is 6.07 Å². The summed E-state index contributed by atoms with van der Waals surface area (Å²) in [7, 11) is 0. The van der Waals surface area contributed by atoms with Crippen LogP contribution in [0.15, 0.2) is 18.3 Å². The van der Waals surface area contributed by atoms with E-state index in [1.165, 1.54) is 12.0 Å². The van der Waals surface area contributed by atoms with Crippen LogP contribution in [0.2, 0.25) is 0 Å². The zero-order valence-electron chi connectivity index (χ0n) is 9.82. The molecule has 1 aliphatic rings. The summed E-state index contributed by atoms with van der Waals surface area (Å²) < 4.78 is 0. The molecule has 0 amide bonds. The molecule has 0 bridgehead atoms. The third-order valence-electron chi connectivity index (χ3n) is 3.21. The van der Waals surface area contributed by atoms with Crippen molar-refractivity contribution in [1.29, 1.82) is 0 Å². The van der Waals surface area contributed by atoms with E-state index in [-0.39, 0.29) is 6.10 Å². The molecule has 16 heavy (non-hydrogen) atoms. The van der Waals surface area contributed by atoms with Gasteiger partial charge in [-0.2, -0.15) is 0 Å². The van der Waals surface area contributed by atoms with Crippen molar-refractivity contribution in [3.63, 3.8) is 0 Å². The van der Waals surface area contributed by atoms with E-state index in [0.29, 0.717) is 6.04 Å². The lowest BCUT2D eigenvalue weighted by atomic mass is 9.93. The molecule has 2 N–H and O–H groups in total. The average Bonchev–Trinajstić information content (AvgIpc) is 2.28. The van der Waals surface area contributed by atoms with Gasteiger partial charge in [-0.15, -0.1) is 0 Å². The summed E-state index contributed by atoms with van der Waals surface area (Å²) in [5.74, 6) is 0. The molecular formula is C13H20N2O. The molecule has 1 aromatic heterocycles. The molecule has 3 nitrogen and oxygen atoms in total. The number of aliphatic hydroxyl groups is 1. The van der Waals surface area contributed by atoms with Crippen molar-refractivity contribution in [3.05, 3.63) is 29.6 Å². The summed E-state index contributed by atoms with van der Waals surface area (Å²) in [6.07, 6.45) is 5.97. The molecular weight excluding hydrogens is 200 g/mol. The molecule has 1 aromatic rings. The molecule has 0 aromatic carbocycles. The fraction of sp³-hybridized carbons (Fsp3) is 0.615. The Balaban J connectivity index is 1.80. The first-order valence-corrected chi connectivity index (χ1v) is 6.07. The maximum Gasteiger partial charge on any atom is 0.0555 e. The summed E-state index contributed by atoms with van der Waals surface area (Å²) in [6.45, 7) is 2.85. The first-order valence-electron chi connectivity index (χ1n) is 6.07. The lowest BCUT2D eigenvalue weighted by Crippen LogP contribution is -2.35. The predicted molar refractivity (Wildman–Crippen MR) is 64.1 cm³/mol. The molecule has 0 saturated heterocycles. The molecule has 2 rings (SSSR count). The minimum Gasteiger partial charge on any atom is -0.393 e. The minimum absolute atomic E-state index is 0.109. The van der Waals surface area contributed by atoms with Crippen molar-refractivity contribution in [1.82, 2.24) is 10.3 Å². The zero-order chi connectivity index (χ0) is 11.4. The molecule has 1 aliphatic carbocycles. The van der Waals surface area contributed by atoms with Gasteiger partial charge in [0, 0.05) is 24.5 Å². The number of pyridine rings is 1. The van der Waals surface area contributed by atoms with Gasteiger partial charge >= 0.3 is 0 Å². The number of aliphatic hydroxyl groups excluding tert-OH is 1. The Morgan fingerprint density at radius 3 is 3.00 bits per heavy atom. The van der Waals surface area contributed by atoms with Gasteiger partial charge in [0.05, 0.1) is 6.10 Å². The lowest BCUT2D eigenvalue weighted by molar-refractivity contribution is 0.111. The summed E-state index contributed by atoms with van der Waals surface area (Å²) in [4.78, 5) is 4.27. The van der Waals surface area contributed by atoms with Crippen LogP contribution in [0.4, 0.5) is 0 Å². The second-order valence-corrected chi connectivity index (χ2v) is 4.71. The van der Waals surface area contributed by atoms with E-state index in [4.69, 9.17) is 0 Å². The van der Waals surface area contributed by atoms with E-state index in [0.717, 1.165) is 31.5 Å². The fourth-order valence-corrected chi connectivity index (χ4v) is 2.21. The highest BCUT2D eigenvalue weighted by molar-refractivity contribution is 5.12. The van der Waals surface area contributed by atoms with Gasteiger partial charge in [-0.3, -0.25) is 4.98 Å². The molecule has 0 aliphatic heterocycles. The van der Waals surface area contributed by atoms with Gasteiger partial charge in [-0.05, 0) is 44.2 Å². The maximum atomic E-state index is 9.56. The van der Waals surface area contributed by atoms with E-state index in [1.807, 2.05) is 19.2 Å². The highest BCUT2D eigenvalue weighted by Gasteiger charge is 2.19. The van der Waals surface area contributed by atoms with Crippen molar-refractivity contribution >= 4 is 0 Å². The Hall–Kier alpha value is -0.930. The second-order valence-electron chi connectivity index (χ2n) is 4.71. The van der Waals surface area contributed by atoms with E-state index < -0.39 is 0 Å². The average molecular weight is 220 g/mol. The van der Waals surface area contributed by atoms with E-state index in [9.17, 15) is 5.11 Å². The van der Waals surface area contributed by atoms with Crippen LogP contribution in [-0.4, -0.2) is 22.2 Å². The van der Waals surface area contributed by atoms with E-state index in [1.54, 1.807) is 0 Å². The van der Waals surface area contributed by atoms with E-state index >= 15 is 0 Å². The van der Waals surface area contributed by atoms with Gasteiger partial charge in [0.1, 0.15) is 0 Å². The summed E-state index contributed by atoms with van der Waals surface area (Å²) >= 11 is 0. The number of nitrogens with zero attached hydrogens (tertiary/aromatic N) is 1. The van der Waals surface area contributed by atoms with Gasteiger partial charge < -0.3 is 10.4 Å². The quantitative estimate of drug-likeness (QED) is 0.816. The first kappa shape index (κ1) is 11.6. The van der Waals surface area contributed by atoms with Crippen molar-refractivity contribution in [3.8, 4) is 0 Å². The van der Waals surface area contributed by atoms with Crippen LogP contribution in [0.3, 0.4) is 0 Å². The standard InChI is InChI=1S/C13H20N2O/c1-10-5-6-11(8-14-10)9-15-12-3-2-4-13(16)7-12/h5-6,8,12-13,15-16H,2-4,7,9H2,1H3. The summed E-state index contributed by atoms with van der Waals surface area (Å²) in [5.41, 5.74) is 2.27. The molecule has 1 saturated carbocycles. The van der Waals surface area contributed by atoms with Crippen LogP contribution in [0.25, 0.3) is 0 Å². The SMILES string of the molecule is Cc1ccc(CNC2CCCC(O)C2)cn1. The van der Waals surface area contributed by atoms with Crippen LogP contribution in [0.1, 0.15) is 36.9 Å². The normalized spacial score (nSPS) is 25.6. The van der Waals surface area contributed by atoms with Crippen molar-refractivity contribution in [2.24, 2.45) is 0 Å². The fourth-order valence-electron chi connectivity index (χ4n) is 2.21. The Morgan fingerprint density at radius 2 is 2.31 bits per heavy atom. The number of rotatable bonds is 3. The van der Waals surface area contributed by atoms with Gasteiger partial charge in [-0.25, -0.2) is 0 Å². The topological polar surface area (TPSA) is 45.1 Å². The molecule has 0 spiro atoms. The van der Waals surface area contributed by atoms with Crippen LogP contribution in [0.5, 0.6) is 0 Å². The second kappa shape index (κ2) is 5.41. The number of aryl methyl sites for hydroxylation is 1. The molecule has 3 heteroatoms. The number of hydrogen-bond acceptors (Lipinski definition) is 3. The molecule has 2 unspecified atom stereocenters. The number of nitrogens with one attached hydrogen (secondary N) is 1. The Bertz CT molecular complexity index is 323. The third-order valence-corrected chi connectivity index (χ3v) is 3.21. The smallest absolute Gasteiger partial charge is 0.0555 e. The monoisotopic (exact) mass is 220 g/mol. The Morgan fingerprint density at radius 1 is 1.44 bits per heavy atom. The Labute approximate surface area is 96.9 Å². The van der Waals surface area contributed by atoms with Crippen LogP contribution in [-0.2, 0) is 6.54 Å². The van der Waals surface area contributed by atoms with Crippen LogP contribution < -0.4 is 5.32 Å². The first-order chi connectivity index (χ1) is 7.74. The zero-order valence-corrected chi connectivity index (χ0v) is 9.82. The molecule has 1 heterocycles. The molecule has 2 atom stereocenters. The largest absolute Gasteiger partial charge is 0.393 e. The van der Waals surface area contributed by atoms with Crippen molar-refractivity contribution in [2.75, 3.05) is 0 Å². The molecule has 0 radical (unpaired) electrons. The third kappa shape index (κ3) is 3.29. The molecule has 88 valence electrons. The van der Waals surface area contributed by atoms with Crippen molar-refractivity contribution in [2.45, 2.75) is 51.3 Å². The number of hydrogen-bond donors (Lipinski definition) is 2. The summed E-state index contributed by atoms with van der Waals surface area (Å²) in [6, 6.07) is 4.60. The van der Waals surface area contributed by atoms with Gasteiger partial charge in [0.25, 0.3) is 0 Å². The van der Waals surface area contributed by atoms with Crippen molar-refractivity contribution < 1.29 is 5.11 Å². The highest BCUT2D eigenvalue weighted by Crippen LogP contribution is 2.18. The Kier molecular flexibility index (Phi) is 3.91. The predicted octanol–water partition coefficient (Wildman–Crippen LogP) is 1.78. The van der Waals surface area contributed by atoms with Crippen LogP contribution >= 0.6 is 0 Å². The van der Waals surface area contributed by atoms with Crippen LogP contribution in [0, 0.1) is 6.92 Å². The van der Waals surface area contributed by atoms with Gasteiger partial charge in [0.2, 0.25) is 0 Å². The molecule has 1 fully saturated rings. The van der Waals surface area contributed by atoms with E-state index in [2.05, 4.69) is 16.4 Å². The lowest BCUT2D eigenvalue weighted by Gasteiger charge is -2.26. The maximum absolute atomic E-state index is 9.56.